The van der Waals surface area contributed by atoms with Gasteiger partial charge in [0.25, 0.3) is 0 Å². The molecule has 0 saturated carbocycles. The molecule has 0 saturated heterocycles. The van der Waals surface area contributed by atoms with Gasteiger partial charge in [-0.3, -0.25) is 9.78 Å². The van der Waals surface area contributed by atoms with Crippen LogP contribution in [0.1, 0.15) is 16.8 Å². The molecule has 1 amide bonds. The van der Waals surface area contributed by atoms with Gasteiger partial charge in [-0.15, -0.1) is 0 Å². The predicted octanol–water partition coefficient (Wildman–Crippen LogP) is 5.16. The van der Waals surface area contributed by atoms with E-state index in [1.807, 2.05) is 43.5 Å². The van der Waals surface area contributed by atoms with Crippen molar-refractivity contribution in [1.82, 2.24) is 9.97 Å². The third kappa shape index (κ3) is 4.27. The molecule has 29 heavy (non-hydrogen) atoms. The Morgan fingerprint density at radius 1 is 1.10 bits per heavy atom. The highest BCUT2D eigenvalue weighted by Crippen LogP contribution is 2.29. The van der Waals surface area contributed by atoms with Crippen molar-refractivity contribution in [2.75, 3.05) is 12.4 Å². The Morgan fingerprint density at radius 2 is 1.97 bits per heavy atom. The van der Waals surface area contributed by atoms with Crippen LogP contribution in [0.25, 0.3) is 21.3 Å². The highest BCUT2D eigenvalue weighted by Gasteiger charge is 2.11. The van der Waals surface area contributed by atoms with Crippen LogP contribution >= 0.6 is 11.3 Å². The average molecular weight is 404 g/mol. The number of thiazole rings is 1. The molecule has 0 atom stereocenters. The summed E-state index contributed by atoms with van der Waals surface area (Å²) in [5.74, 6) is 0.696. The second-order valence-corrected chi connectivity index (χ2v) is 7.94. The molecule has 2 aromatic heterocycles. The molecule has 2 aromatic carbocycles. The molecule has 0 radical (unpaired) electrons. The van der Waals surface area contributed by atoms with E-state index in [9.17, 15) is 4.79 Å². The maximum atomic E-state index is 12.5. The summed E-state index contributed by atoms with van der Waals surface area (Å²) in [4.78, 5) is 21.2. The summed E-state index contributed by atoms with van der Waals surface area (Å²) >= 11 is 1.44. The van der Waals surface area contributed by atoms with Gasteiger partial charge in [0, 0.05) is 11.9 Å². The number of fused-ring (bicyclic) bond motifs is 1. The quantitative estimate of drug-likeness (QED) is 0.500. The number of carbonyl (C=O) groups is 1. The second-order valence-electron chi connectivity index (χ2n) is 6.91. The number of hydrogen-bond donors (Lipinski definition) is 1. The average Bonchev–Trinajstić information content (AvgIpc) is 3.09. The minimum Gasteiger partial charge on any atom is -0.497 e. The van der Waals surface area contributed by atoms with Crippen LogP contribution in [-0.4, -0.2) is 23.0 Å². The molecule has 146 valence electrons. The number of hydrogen-bond acceptors (Lipinski definition) is 5. The first kappa shape index (κ1) is 19.1. The SMILES string of the molecule is COc1ccc2nc(NC(=O)Cc3ccc(-c4ccnc(C)c4)c(C)c3)sc2c1. The van der Waals surface area contributed by atoms with Gasteiger partial charge in [-0.2, -0.15) is 0 Å². The number of nitrogens with zero attached hydrogens (tertiary/aromatic N) is 2. The smallest absolute Gasteiger partial charge is 0.230 e. The number of carbonyl (C=O) groups excluding carboxylic acids is 1. The number of nitrogens with one attached hydrogen (secondary N) is 1. The van der Waals surface area contributed by atoms with Crippen LogP contribution in [-0.2, 0) is 11.2 Å². The van der Waals surface area contributed by atoms with E-state index < -0.39 is 0 Å². The zero-order valence-electron chi connectivity index (χ0n) is 16.5. The lowest BCUT2D eigenvalue weighted by Gasteiger charge is -2.09. The van der Waals surface area contributed by atoms with Crippen molar-refractivity contribution in [3.63, 3.8) is 0 Å². The van der Waals surface area contributed by atoms with Crippen LogP contribution in [0.15, 0.2) is 54.7 Å². The normalized spacial score (nSPS) is 10.9. The van der Waals surface area contributed by atoms with Crippen molar-refractivity contribution in [2.24, 2.45) is 0 Å². The fourth-order valence-electron chi connectivity index (χ4n) is 3.31. The lowest BCUT2D eigenvalue weighted by atomic mass is 9.97. The fraction of sp³-hybridized carbons (Fsp3) is 0.174. The van der Waals surface area contributed by atoms with Crippen molar-refractivity contribution in [1.29, 1.82) is 0 Å². The van der Waals surface area contributed by atoms with Gasteiger partial charge in [0.05, 0.1) is 23.7 Å². The van der Waals surface area contributed by atoms with E-state index in [0.717, 1.165) is 43.9 Å². The largest absolute Gasteiger partial charge is 0.497 e. The van der Waals surface area contributed by atoms with Crippen LogP contribution in [0.3, 0.4) is 0 Å². The Balaban J connectivity index is 1.48. The lowest BCUT2D eigenvalue weighted by molar-refractivity contribution is -0.115. The first-order chi connectivity index (χ1) is 14.0. The number of amides is 1. The van der Waals surface area contributed by atoms with E-state index in [1.165, 1.54) is 11.3 Å². The van der Waals surface area contributed by atoms with Gasteiger partial charge in [0.15, 0.2) is 5.13 Å². The Labute approximate surface area is 173 Å². The number of ether oxygens (including phenoxy) is 1. The molecular formula is C23H21N3O2S. The first-order valence-electron chi connectivity index (χ1n) is 9.29. The van der Waals surface area contributed by atoms with Crippen LogP contribution in [0.4, 0.5) is 5.13 Å². The highest BCUT2D eigenvalue weighted by molar-refractivity contribution is 7.22. The molecule has 0 spiro atoms. The fourth-order valence-corrected chi connectivity index (χ4v) is 4.22. The molecule has 2 heterocycles. The molecule has 4 rings (SSSR count). The summed E-state index contributed by atoms with van der Waals surface area (Å²) < 4.78 is 6.22. The van der Waals surface area contributed by atoms with E-state index in [-0.39, 0.29) is 5.91 Å². The van der Waals surface area contributed by atoms with Crippen molar-refractivity contribution >= 4 is 32.6 Å². The summed E-state index contributed by atoms with van der Waals surface area (Å²) in [5, 5.41) is 3.51. The third-order valence-electron chi connectivity index (χ3n) is 4.71. The summed E-state index contributed by atoms with van der Waals surface area (Å²) in [6.07, 6.45) is 2.12. The zero-order valence-corrected chi connectivity index (χ0v) is 17.3. The van der Waals surface area contributed by atoms with E-state index in [1.54, 1.807) is 7.11 Å². The molecule has 4 aromatic rings. The molecule has 1 N–H and O–H groups in total. The molecule has 0 aliphatic carbocycles. The minimum atomic E-state index is -0.0806. The number of benzene rings is 2. The summed E-state index contributed by atoms with van der Waals surface area (Å²) in [7, 11) is 1.63. The maximum absolute atomic E-state index is 12.5. The molecule has 0 fully saturated rings. The Kier molecular flexibility index (Phi) is 5.27. The van der Waals surface area contributed by atoms with Gasteiger partial charge in [0.1, 0.15) is 5.75 Å². The number of aryl methyl sites for hydroxylation is 2. The van der Waals surface area contributed by atoms with E-state index in [2.05, 4.69) is 40.4 Å². The van der Waals surface area contributed by atoms with E-state index in [4.69, 9.17) is 4.74 Å². The Bertz CT molecular complexity index is 1200. The third-order valence-corrected chi connectivity index (χ3v) is 5.64. The summed E-state index contributed by atoms with van der Waals surface area (Å²) in [6, 6.07) is 15.9. The molecule has 5 nitrogen and oxygen atoms in total. The van der Waals surface area contributed by atoms with Crippen LogP contribution in [0.2, 0.25) is 0 Å². The van der Waals surface area contributed by atoms with Gasteiger partial charge in [0.2, 0.25) is 5.91 Å². The number of methoxy groups -OCH3 is 1. The molecule has 0 aliphatic rings. The topological polar surface area (TPSA) is 64.1 Å². The van der Waals surface area contributed by atoms with E-state index in [0.29, 0.717) is 11.6 Å². The van der Waals surface area contributed by atoms with Crippen LogP contribution in [0, 0.1) is 13.8 Å². The van der Waals surface area contributed by atoms with Crippen molar-refractivity contribution in [3.8, 4) is 16.9 Å². The van der Waals surface area contributed by atoms with Crippen molar-refractivity contribution in [2.45, 2.75) is 20.3 Å². The van der Waals surface area contributed by atoms with Gasteiger partial charge < -0.3 is 10.1 Å². The Morgan fingerprint density at radius 3 is 2.72 bits per heavy atom. The van der Waals surface area contributed by atoms with Gasteiger partial charge >= 0.3 is 0 Å². The highest BCUT2D eigenvalue weighted by atomic mass is 32.1. The van der Waals surface area contributed by atoms with Crippen LogP contribution < -0.4 is 10.1 Å². The van der Waals surface area contributed by atoms with Crippen molar-refractivity contribution in [3.05, 3.63) is 71.5 Å². The lowest BCUT2D eigenvalue weighted by Crippen LogP contribution is -2.14. The van der Waals surface area contributed by atoms with Crippen molar-refractivity contribution < 1.29 is 9.53 Å². The van der Waals surface area contributed by atoms with Gasteiger partial charge in [-0.25, -0.2) is 4.98 Å². The Hall–Kier alpha value is -3.25. The molecule has 0 aliphatic heterocycles. The minimum absolute atomic E-state index is 0.0806. The first-order valence-corrected chi connectivity index (χ1v) is 10.1. The monoisotopic (exact) mass is 403 g/mol. The second kappa shape index (κ2) is 8.01. The zero-order chi connectivity index (χ0) is 20.4. The molecule has 0 unspecified atom stereocenters. The standard InChI is InChI=1S/C23H21N3O2S/c1-14-10-16(4-6-19(14)17-8-9-24-15(2)11-17)12-22(27)26-23-25-20-7-5-18(28-3)13-21(20)29-23/h4-11,13H,12H2,1-3H3,(H,25,26,27). The number of pyridine rings is 1. The van der Waals surface area contributed by atoms with Gasteiger partial charge in [-0.1, -0.05) is 29.5 Å². The summed E-state index contributed by atoms with van der Waals surface area (Å²) in [6.45, 7) is 4.04. The summed E-state index contributed by atoms with van der Waals surface area (Å²) in [5.41, 5.74) is 6.22. The molecule has 0 bridgehead atoms. The van der Waals surface area contributed by atoms with Crippen LogP contribution in [0.5, 0.6) is 5.75 Å². The number of anilines is 1. The van der Waals surface area contributed by atoms with E-state index >= 15 is 0 Å². The maximum Gasteiger partial charge on any atom is 0.230 e. The predicted molar refractivity (Wildman–Crippen MR) is 118 cm³/mol. The number of aromatic nitrogens is 2. The molecular weight excluding hydrogens is 382 g/mol. The number of rotatable bonds is 5. The molecule has 6 heteroatoms. The van der Waals surface area contributed by atoms with Gasteiger partial charge in [-0.05, 0) is 66.4 Å².